The van der Waals surface area contributed by atoms with Gasteiger partial charge in [-0.1, -0.05) is 11.6 Å². The van der Waals surface area contributed by atoms with Gasteiger partial charge in [0.1, 0.15) is 0 Å². The fraction of sp³-hybridized carbons (Fsp3) is 0.286. The zero-order chi connectivity index (χ0) is 8.27. The predicted molar refractivity (Wildman–Crippen MR) is 43.7 cm³/mol. The molecule has 0 fully saturated rings. The highest BCUT2D eigenvalue weighted by Gasteiger charge is 2.05. The number of ether oxygens (including phenoxy) is 1. The molecule has 0 aromatic carbocycles. The van der Waals surface area contributed by atoms with Crippen molar-refractivity contribution in [2.75, 3.05) is 7.11 Å². The first-order valence-electron chi connectivity index (χ1n) is 3.17. The number of aromatic nitrogens is 1. The number of halogens is 1. The van der Waals surface area contributed by atoms with Gasteiger partial charge in [0.2, 0.25) is 0 Å². The van der Waals surface area contributed by atoms with Gasteiger partial charge < -0.3 is 10.5 Å². The molecule has 0 aliphatic rings. The van der Waals surface area contributed by atoms with Gasteiger partial charge in [-0.2, -0.15) is 0 Å². The van der Waals surface area contributed by atoms with Gasteiger partial charge in [-0.05, 0) is 6.07 Å². The smallest absolute Gasteiger partial charge is 0.160 e. The Balaban J connectivity index is 3.13. The molecule has 60 valence electrons. The molecule has 11 heavy (non-hydrogen) atoms. The Bertz CT molecular complexity index is 252. The third kappa shape index (κ3) is 1.61. The first-order valence-corrected chi connectivity index (χ1v) is 3.54. The number of hydrogen-bond acceptors (Lipinski definition) is 3. The molecular formula is C7H9ClN2O. The topological polar surface area (TPSA) is 48.1 Å². The molecule has 1 rings (SSSR count). The lowest BCUT2D eigenvalue weighted by molar-refractivity contribution is 0.407. The molecule has 0 aliphatic carbocycles. The van der Waals surface area contributed by atoms with E-state index in [2.05, 4.69) is 4.98 Å². The number of methoxy groups -OCH3 is 1. The van der Waals surface area contributed by atoms with Gasteiger partial charge in [0, 0.05) is 12.7 Å². The van der Waals surface area contributed by atoms with Gasteiger partial charge in [-0.25, -0.2) is 0 Å². The summed E-state index contributed by atoms with van der Waals surface area (Å²) in [6.07, 6.45) is 1.60. The second kappa shape index (κ2) is 3.55. The minimum atomic E-state index is 0.337. The third-order valence-corrected chi connectivity index (χ3v) is 1.63. The summed E-state index contributed by atoms with van der Waals surface area (Å²) in [5.74, 6) is 0.566. The molecule has 1 heterocycles. The van der Waals surface area contributed by atoms with Crippen molar-refractivity contribution < 1.29 is 4.74 Å². The summed E-state index contributed by atoms with van der Waals surface area (Å²) in [6.45, 7) is 0.337. The minimum Gasteiger partial charge on any atom is -0.493 e. The van der Waals surface area contributed by atoms with Crippen LogP contribution >= 0.6 is 11.6 Å². The number of hydrogen-bond donors (Lipinski definition) is 1. The van der Waals surface area contributed by atoms with Crippen molar-refractivity contribution in [2.45, 2.75) is 6.54 Å². The first-order chi connectivity index (χ1) is 5.29. The lowest BCUT2D eigenvalue weighted by Gasteiger charge is -2.05. The molecule has 3 nitrogen and oxygen atoms in total. The molecule has 0 saturated carbocycles. The lowest BCUT2D eigenvalue weighted by atomic mass is 10.3. The van der Waals surface area contributed by atoms with Crippen molar-refractivity contribution >= 4 is 11.6 Å². The molecule has 4 heteroatoms. The number of pyridine rings is 1. The molecule has 0 radical (unpaired) electrons. The normalized spacial score (nSPS) is 9.73. The first kappa shape index (κ1) is 8.30. The molecule has 0 atom stereocenters. The van der Waals surface area contributed by atoms with E-state index in [1.165, 1.54) is 0 Å². The van der Waals surface area contributed by atoms with E-state index in [0.717, 1.165) is 0 Å². The molecule has 0 aliphatic heterocycles. The zero-order valence-electron chi connectivity index (χ0n) is 6.17. The van der Waals surface area contributed by atoms with Crippen molar-refractivity contribution in [3.05, 3.63) is 23.0 Å². The highest BCUT2D eigenvalue weighted by molar-refractivity contribution is 6.32. The van der Waals surface area contributed by atoms with Crippen LogP contribution in [-0.2, 0) is 6.54 Å². The van der Waals surface area contributed by atoms with E-state index in [0.29, 0.717) is 23.0 Å². The number of rotatable bonds is 2. The van der Waals surface area contributed by atoms with Crippen molar-refractivity contribution in [1.29, 1.82) is 0 Å². The monoisotopic (exact) mass is 172 g/mol. The second-order valence-corrected chi connectivity index (χ2v) is 2.38. The van der Waals surface area contributed by atoms with Crippen molar-refractivity contribution in [3.8, 4) is 5.75 Å². The average molecular weight is 173 g/mol. The van der Waals surface area contributed by atoms with Crippen molar-refractivity contribution in [3.63, 3.8) is 0 Å². The van der Waals surface area contributed by atoms with Gasteiger partial charge in [-0.15, -0.1) is 0 Å². The number of nitrogens with two attached hydrogens (primary N) is 1. The Morgan fingerprint density at radius 3 is 2.91 bits per heavy atom. The van der Waals surface area contributed by atoms with Gasteiger partial charge in [0.15, 0.2) is 5.75 Å². The Labute approximate surface area is 70.1 Å². The summed E-state index contributed by atoms with van der Waals surface area (Å²) in [4.78, 5) is 3.99. The van der Waals surface area contributed by atoms with Crippen LogP contribution in [0.5, 0.6) is 5.75 Å². The summed E-state index contributed by atoms with van der Waals surface area (Å²) in [5, 5.41) is 0.544. The maximum Gasteiger partial charge on any atom is 0.160 e. The maximum absolute atomic E-state index is 5.79. The third-order valence-electron chi connectivity index (χ3n) is 1.33. The van der Waals surface area contributed by atoms with Crippen LogP contribution in [0.25, 0.3) is 0 Å². The van der Waals surface area contributed by atoms with E-state index < -0.39 is 0 Å². The zero-order valence-corrected chi connectivity index (χ0v) is 6.93. The largest absolute Gasteiger partial charge is 0.493 e. The van der Waals surface area contributed by atoms with Crippen LogP contribution in [0.1, 0.15) is 5.69 Å². The van der Waals surface area contributed by atoms with Crippen LogP contribution < -0.4 is 10.5 Å². The minimum absolute atomic E-state index is 0.337. The van der Waals surface area contributed by atoms with E-state index in [1.807, 2.05) is 0 Å². The van der Waals surface area contributed by atoms with E-state index in [4.69, 9.17) is 22.1 Å². The quantitative estimate of drug-likeness (QED) is 0.730. The van der Waals surface area contributed by atoms with Crippen LogP contribution in [0.2, 0.25) is 5.02 Å². The predicted octanol–water partition coefficient (Wildman–Crippen LogP) is 1.20. The van der Waals surface area contributed by atoms with E-state index in [9.17, 15) is 0 Å². The standard InChI is InChI=1S/C7H9ClN2O/c1-11-7-5(8)2-3-10-6(7)4-9/h2-3H,4,9H2,1H3. The van der Waals surface area contributed by atoms with Crippen LogP contribution in [0.15, 0.2) is 12.3 Å². The number of nitrogens with zero attached hydrogens (tertiary/aromatic N) is 1. The summed E-state index contributed by atoms with van der Waals surface area (Å²) in [6, 6.07) is 1.67. The molecule has 0 spiro atoms. The summed E-state index contributed by atoms with van der Waals surface area (Å²) in [7, 11) is 1.54. The molecular weight excluding hydrogens is 164 g/mol. The molecule has 0 amide bonds. The van der Waals surface area contributed by atoms with E-state index >= 15 is 0 Å². The van der Waals surface area contributed by atoms with Gasteiger partial charge in [0.05, 0.1) is 17.8 Å². The van der Waals surface area contributed by atoms with Crippen LogP contribution in [0, 0.1) is 0 Å². The fourth-order valence-electron chi connectivity index (χ4n) is 0.826. The summed E-state index contributed by atoms with van der Waals surface area (Å²) in [5.41, 5.74) is 6.07. The fourth-order valence-corrected chi connectivity index (χ4v) is 1.07. The van der Waals surface area contributed by atoms with Crippen LogP contribution in [0.4, 0.5) is 0 Å². The average Bonchev–Trinajstić information content (AvgIpc) is 2.04. The van der Waals surface area contributed by atoms with Gasteiger partial charge in [-0.3, -0.25) is 4.98 Å². The molecule has 1 aromatic rings. The summed E-state index contributed by atoms with van der Waals surface area (Å²) < 4.78 is 4.99. The van der Waals surface area contributed by atoms with E-state index in [1.54, 1.807) is 19.4 Å². The second-order valence-electron chi connectivity index (χ2n) is 1.98. The highest BCUT2D eigenvalue weighted by atomic mass is 35.5. The molecule has 0 unspecified atom stereocenters. The Morgan fingerprint density at radius 1 is 1.73 bits per heavy atom. The Kier molecular flexibility index (Phi) is 2.68. The molecule has 1 aromatic heterocycles. The van der Waals surface area contributed by atoms with Gasteiger partial charge in [0.25, 0.3) is 0 Å². The Morgan fingerprint density at radius 2 is 2.45 bits per heavy atom. The lowest BCUT2D eigenvalue weighted by Crippen LogP contribution is -2.02. The molecule has 0 saturated heterocycles. The van der Waals surface area contributed by atoms with Crippen LogP contribution in [-0.4, -0.2) is 12.1 Å². The SMILES string of the molecule is COc1c(Cl)ccnc1CN. The molecule has 2 N–H and O–H groups in total. The van der Waals surface area contributed by atoms with Crippen molar-refractivity contribution in [1.82, 2.24) is 4.98 Å². The van der Waals surface area contributed by atoms with Gasteiger partial charge >= 0.3 is 0 Å². The highest BCUT2D eigenvalue weighted by Crippen LogP contribution is 2.25. The molecule has 0 bridgehead atoms. The van der Waals surface area contributed by atoms with Crippen LogP contribution in [0.3, 0.4) is 0 Å². The van der Waals surface area contributed by atoms with E-state index in [-0.39, 0.29) is 0 Å². The van der Waals surface area contributed by atoms with Crippen molar-refractivity contribution in [2.24, 2.45) is 5.73 Å². The maximum atomic E-state index is 5.79. The Hall–Kier alpha value is -0.800. The summed E-state index contributed by atoms with van der Waals surface area (Å²) >= 11 is 5.79.